The summed E-state index contributed by atoms with van der Waals surface area (Å²) in [7, 11) is 0. The first-order valence-corrected chi connectivity index (χ1v) is 6.23. The highest BCUT2D eigenvalue weighted by Crippen LogP contribution is 2.11. The topological polar surface area (TPSA) is 20.2 Å². The second-order valence-electron chi connectivity index (χ2n) is 3.76. The lowest BCUT2D eigenvalue weighted by atomic mass is 10.0. The van der Waals surface area contributed by atoms with Crippen LogP contribution in [0.4, 0.5) is 0 Å². The lowest BCUT2D eigenvalue weighted by Gasteiger charge is -2.11. The summed E-state index contributed by atoms with van der Waals surface area (Å²) in [5, 5.41) is 9.52. The van der Waals surface area contributed by atoms with Crippen molar-refractivity contribution in [3.05, 3.63) is 0 Å². The molecule has 0 amide bonds. The van der Waals surface area contributed by atoms with E-state index in [-0.39, 0.29) is 6.10 Å². The van der Waals surface area contributed by atoms with E-state index in [1.165, 1.54) is 5.75 Å². The highest BCUT2D eigenvalue weighted by molar-refractivity contribution is 7.98. The Hall–Kier alpha value is 0.310. The molecule has 0 aliphatic rings. The first-order chi connectivity index (χ1) is 5.66. The first kappa shape index (κ1) is 12.3. The van der Waals surface area contributed by atoms with Crippen molar-refractivity contribution in [2.75, 3.05) is 12.0 Å². The number of aliphatic hydroxyl groups excluding tert-OH is 1. The van der Waals surface area contributed by atoms with Crippen molar-refractivity contribution in [3.63, 3.8) is 0 Å². The van der Waals surface area contributed by atoms with Gasteiger partial charge in [0.1, 0.15) is 0 Å². The van der Waals surface area contributed by atoms with E-state index in [0.717, 1.165) is 31.6 Å². The molecule has 0 fully saturated rings. The number of hydrogen-bond acceptors (Lipinski definition) is 2. The largest absolute Gasteiger partial charge is 0.393 e. The average molecular weight is 190 g/mol. The van der Waals surface area contributed by atoms with Gasteiger partial charge in [0.15, 0.2) is 0 Å². The second kappa shape index (κ2) is 7.93. The van der Waals surface area contributed by atoms with E-state index < -0.39 is 0 Å². The van der Waals surface area contributed by atoms with Crippen LogP contribution in [0.15, 0.2) is 0 Å². The van der Waals surface area contributed by atoms with Gasteiger partial charge >= 0.3 is 0 Å². The van der Waals surface area contributed by atoms with Crippen molar-refractivity contribution < 1.29 is 5.11 Å². The van der Waals surface area contributed by atoms with Crippen LogP contribution in [0.3, 0.4) is 0 Å². The van der Waals surface area contributed by atoms with Crippen LogP contribution in [-0.4, -0.2) is 23.2 Å². The molecule has 0 rings (SSSR count). The zero-order valence-electron chi connectivity index (χ0n) is 8.55. The first-order valence-electron chi connectivity index (χ1n) is 4.83. The van der Waals surface area contributed by atoms with Crippen molar-refractivity contribution >= 4 is 11.8 Å². The van der Waals surface area contributed by atoms with Crippen LogP contribution in [0.25, 0.3) is 0 Å². The molecule has 1 unspecified atom stereocenters. The molecule has 12 heavy (non-hydrogen) atoms. The second-order valence-corrected chi connectivity index (χ2v) is 4.75. The molecule has 0 bridgehead atoms. The average Bonchev–Trinajstić information content (AvgIpc) is 2.01. The molecule has 0 aromatic heterocycles. The molecule has 1 nitrogen and oxygen atoms in total. The number of rotatable bonds is 7. The van der Waals surface area contributed by atoms with E-state index in [2.05, 4.69) is 20.1 Å². The molecule has 74 valence electrons. The quantitative estimate of drug-likeness (QED) is 0.623. The van der Waals surface area contributed by atoms with Crippen molar-refractivity contribution in [1.82, 2.24) is 0 Å². The Morgan fingerprint density at radius 3 is 2.33 bits per heavy atom. The fraction of sp³-hybridized carbons (Fsp3) is 1.00. The standard InChI is InChI=1S/C10H22OS/c1-9(2)6-7-10(11)5-4-8-12-3/h9-11H,4-8H2,1-3H3. The Labute approximate surface area is 80.9 Å². The van der Waals surface area contributed by atoms with Gasteiger partial charge in [-0.25, -0.2) is 0 Å². The third-order valence-corrected chi connectivity index (χ3v) is 2.66. The van der Waals surface area contributed by atoms with Crippen molar-refractivity contribution in [1.29, 1.82) is 0 Å². The van der Waals surface area contributed by atoms with Gasteiger partial charge in [-0.3, -0.25) is 0 Å². The van der Waals surface area contributed by atoms with E-state index in [0.29, 0.717) is 0 Å². The van der Waals surface area contributed by atoms with E-state index in [1.807, 2.05) is 11.8 Å². The Balaban J connectivity index is 3.15. The fourth-order valence-corrected chi connectivity index (χ4v) is 1.59. The molecule has 0 aliphatic heterocycles. The van der Waals surface area contributed by atoms with Gasteiger partial charge in [0.2, 0.25) is 0 Å². The molecule has 0 saturated heterocycles. The van der Waals surface area contributed by atoms with E-state index in [1.54, 1.807) is 0 Å². The molecule has 0 aliphatic carbocycles. The summed E-state index contributed by atoms with van der Waals surface area (Å²) in [6.45, 7) is 4.41. The van der Waals surface area contributed by atoms with E-state index in [4.69, 9.17) is 0 Å². The molecule has 0 spiro atoms. The molecular weight excluding hydrogens is 168 g/mol. The minimum atomic E-state index is -0.0560. The van der Waals surface area contributed by atoms with Gasteiger partial charge < -0.3 is 5.11 Å². The van der Waals surface area contributed by atoms with Gasteiger partial charge in [0.25, 0.3) is 0 Å². The number of hydrogen-bond donors (Lipinski definition) is 1. The van der Waals surface area contributed by atoms with Gasteiger partial charge in [-0.15, -0.1) is 0 Å². The molecule has 1 atom stereocenters. The predicted molar refractivity (Wildman–Crippen MR) is 57.7 cm³/mol. The molecule has 0 heterocycles. The maximum atomic E-state index is 9.52. The minimum Gasteiger partial charge on any atom is -0.393 e. The summed E-state index contributed by atoms with van der Waals surface area (Å²) in [6, 6.07) is 0. The summed E-state index contributed by atoms with van der Waals surface area (Å²) in [5.41, 5.74) is 0. The lowest BCUT2D eigenvalue weighted by Crippen LogP contribution is -2.08. The summed E-state index contributed by atoms with van der Waals surface area (Å²) >= 11 is 1.86. The Morgan fingerprint density at radius 2 is 1.83 bits per heavy atom. The highest BCUT2D eigenvalue weighted by Gasteiger charge is 2.04. The summed E-state index contributed by atoms with van der Waals surface area (Å²) in [6.07, 6.45) is 6.32. The molecular formula is C10H22OS. The summed E-state index contributed by atoms with van der Waals surface area (Å²) in [4.78, 5) is 0. The van der Waals surface area contributed by atoms with Gasteiger partial charge in [-0.1, -0.05) is 13.8 Å². The monoisotopic (exact) mass is 190 g/mol. The zero-order chi connectivity index (χ0) is 9.40. The Bertz CT molecular complexity index is 93.8. The zero-order valence-corrected chi connectivity index (χ0v) is 9.36. The predicted octanol–water partition coefficient (Wildman–Crippen LogP) is 2.93. The van der Waals surface area contributed by atoms with Crippen LogP contribution in [0.1, 0.15) is 39.5 Å². The fourth-order valence-electron chi connectivity index (χ4n) is 1.13. The molecule has 0 saturated carbocycles. The molecule has 0 aromatic carbocycles. The third-order valence-electron chi connectivity index (χ3n) is 1.96. The SMILES string of the molecule is CSCCCC(O)CCC(C)C. The van der Waals surface area contributed by atoms with Gasteiger partial charge in [-0.2, -0.15) is 11.8 Å². The normalized spacial score (nSPS) is 13.8. The van der Waals surface area contributed by atoms with E-state index in [9.17, 15) is 5.11 Å². The van der Waals surface area contributed by atoms with Crippen LogP contribution in [0, 0.1) is 5.92 Å². The van der Waals surface area contributed by atoms with Crippen LogP contribution < -0.4 is 0 Å². The van der Waals surface area contributed by atoms with Crippen molar-refractivity contribution in [2.45, 2.75) is 45.6 Å². The lowest BCUT2D eigenvalue weighted by molar-refractivity contribution is 0.146. The number of aliphatic hydroxyl groups is 1. The van der Waals surface area contributed by atoms with Crippen LogP contribution >= 0.6 is 11.8 Å². The maximum absolute atomic E-state index is 9.52. The third kappa shape index (κ3) is 8.41. The Morgan fingerprint density at radius 1 is 1.17 bits per heavy atom. The van der Waals surface area contributed by atoms with E-state index >= 15 is 0 Å². The van der Waals surface area contributed by atoms with Crippen LogP contribution in [0.5, 0.6) is 0 Å². The van der Waals surface area contributed by atoms with Gasteiger partial charge in [0, 0.05) is 0 Å². The maximum Gasteiger partial charge on any atom is 0.0540 e. The summed E-state index contributed by atoms with van der Waals surface area (Å²) in [5.74, 6) is 1.90. The smallest absolute Gasteiger partial charge is 0.0540 e. The van der Waals surface area contributed by atoms with Gasteiger partial charge in [-0.05, 0) is 43.6 Å². The molecule has 1 N–H and O–H groups in total. The summed E-state index contributed by atoms with van der Waals surface area (Å²) < 4.78 is 0. The molecule has 0 radical (unpaired) electrons. The van der Waals surface area contributed by atoms with Gasteiger partial charge in [0.05, 0.1) is 6.10 Å². The molecule has 2 heteroatoms. The molecule has 0 aromatic rings. The number of thioether (sulfide) groups is 1. The van der Waals surface area contributed by atoms with Crippen molar-refractivity contribution in [2.24, 2.45) is 5.92 Å². The van der Waals surface area contributed by atoms with Crippen molar-refractivity contribution in [3.8, 4) is 0 Å². The minimum absolute atomic E-state index is 0.0560. The Kier molecular flexibility index (Phi) is 8.14. The van der Waals surface area contributed by atoms with Crippen LogP contribution in [-0.2, 0) is 0 Å². The highest BCUT2D eigenvalue weighted by atomic mass is 32.2. The van der Waals surface area contributed by atoms with Crippen LogP contribution in [0.2, 0.25) is 0 Å².